The van der Waals surface area contributed by atoms with Crippen LogP contribution in [-0.2, 0) is 4.79 Å². The molecule has 0 bridgehead atoms. The number of para-hydroxylation sites is 2. The van der Waals surface area contributed by atoms with Crippen molar-refractivity contribution < 1.29 is 9.53 Å². The van der Waals surface area contributed by atoms with Crippen LogP contribution in [0.5, 0.6) is 5.75 Å². The first-order valence-corrected chi connectivity index (χ1v) is 11.5. The average molecular weight is 429 g/mol. The predicted molar refractivity (Wildman–Crippen MR) is 123 cm³/mol. The molecule has 6 rings (SSSR count). The molecule has 3 aliphatic heterocycles. The van der Waals surface area contributed by atoms with E-state index >= 15 is 0 Å². The maximum Gasteiger partial charge on any atom is 0.248 e. The van der Waals surface area contributed by atoms with E-state index < -0.39 is 5.54 Å². The van der Waals surface area contributed by atoms with Gasteiger partial charge >= 0.3 is 0 Å². The fourth-order valence-corrected chi connectivity index (χ4v) is 6.36. The molecule has 0 N–H and O–H groups in total. The SMILES string of the molecule is COc1ccccc1N1C[C@@H]2C[C@@H](c3nccn3-c3cccc(C)c3)N3CCC[C@@]23C1=O. The van der Waals surface area contributed by atoms with Crippen molar-refractivity contribution in [1.29, 1.82) is 0 Å². The van der Waals surface area contributed by atoms with Crippen LogP contribution in [0, 0.1) is 12.8 Å². The number of hydrogen-bond donors (Lipinski definition) is 0. The van der Waals surface area contributed by atoms with Crippen molar-refractivity contribution in [2.45, 2.75) is 37.8 Å². The van der Waals surface area contributed by atoms with E-state index in [-0.39, 0.29) is 17.9 Å². The third-order valence-electron chi connectivity index (χ3n) is 7.67. The van der Waals surface area contributed by atoms with Gasteiger partial charge in [0.1, 0.15) is 17.1 Å². The summed E-state index contributed by atoms with van der Waals surface area (Å²) >= 11 is 0. The number of nitrogens with zero attached hydrogens (tertiary/aromatic N) is 4. The summed E-state index contributed by atoms with van der Waals surface area (Å²) in [5, 5.41) is 0. The second-order valence-corrected chi connectivity index (χ2v) is 9.25. The second-order valence-electron chi connectivity index (χ2n) is 9.25. The Morgan fingerprint density at radius 3 is 2.88 bits per heavy atom. The summed E-state index contributed by atoms with van der Waals surface area (Å²) in [6, 6.07) is 16.5. The minimum Gasteiger partial charge on any atom is -0.495 e. The molecule has 0 aliphatic carbocycles. The molecule has 3 aromatic rings. The van der Waals surface area contributed by atoms with Crippen LogP contribution in [0.25, 0.3) is 5.69 Å². The van der Waals surface area contributed by atoms with E-state index in [4.69, 9.17) is 9.72 Å². The van der Waals surface area contributed by atoms with Crippen LogP contribution in [0.4, 0.5) is 5.69 Å². The quantitative estimate of drug-likeness (QED) is 0.627. The second kappa shape index (κ2) is 7.20. The number of amides is 1. The van der Waals surface area contributed by atoms with Crippen LogP contribution >= 0.6 is 0 Å². The van der Waals surface area contributed by atoms with Gasteiger partial charge in [0.25, 0.3) is 0 Å². The Morgan fingerprint density at radius 2 is 2.03 bits per heavy atom. The van der Waals surface area contributed by atoms with Crippen LogP contribution in [-0.4, -0.2) is 46.1 Å². The molecule has 2 aromatic carbocycles. The van der Waals surface area contributed by atoms with Gasteiger partial charge in [-0.2, -0.15) is 0 Å². The van der Waals surface area contributed by atoms with E-state index in [0.29, 0.717) is 0 Å². The molecular formula is C26H28N4O2. The lowest BCUT2D eigenvalue weighted by atomic mass is 9.85. The fourth-order valence-electron chi connectivity index (χ4n) is 6.36. The van der Waals surface area contributed by atoms with Gasteiger partial charge in [-0.15, -0.1) is 0 Å². The Morgan fingerprint density at radius 1 is 1.16 bits per heavy atom. The minimum atomic E-state index is -0.422. The Balaban J connectivity index is 1.37. The van der Waals surface area contributed by atoms with Crippen LogP contribution in [0.1, 0.15) is 36.7 Å². The van der Waals surface area contributed by atoms with E-state index in [2.05, 4.69) is 40.7 Å². The fraction of sp³-hybridized carbons (Fsp3) is 0.385. The van der Waals surface area contributed by atoms with Crippen LogP contribution in [0.3, 0.4) is 0 Å². The third kappa shape index (κ3) is 2.62. The van der Waals surface area contributed by atoms with Gasteiger partial charge in [-0.1, -0.05) is 24.3 Å². The van der Waals surface area contributed by atoms with Gasteiger partial charge < -0.3 is 14.2 Å². The average Bonchev–Trinajstić information content (AvgIpc) is 3.56. The van der Waals surface area contributed by atoms with Crippen molar-refractivity contribution in [1.82, 2.24) is 14.5 Å². The van der Waals surface area contributed by atoms with E-state index in [9.17, 15) is 4.79 Å². The Labute approximate surface area is 188 Å². The first-order valence-electron chi connectivity index (χ1n) is 11.5. The van der Waals surface area contributed by atoms with E-state index in [0.717, 1.165) is 55.3 Å². The number of rotatable bonds is 4. The number of anilines is 1. The van der Waals surface area contributed by atoms with Gasteiger partial charge in [0.2, 0.25) is 5.91 Å². The van der Waals surface area contributed by atoms with Crippen LogP contribution in [0.2, 0.25) is 0 Å². The molecule has 0 saturated carbocycles. The number of methoxy groups -OCH3 is 1. The molecule has 32 heavy (non-hydrogen) atoms. The van der Waals surface area contributed by atoms with Crippen molar-refractivity contribution in [2.75, 3.05) is 25.1 Å². The molecule has 6 nitrogen and oxygen atoms in total. The van der Waals surface area contributed by atoms with Gasteiger partial charge in [0, 0.05) is 37.1 Å². The van der Waals surface area contributed by atoms with Gasteiger partial charge in [0.15, 0.2) is 0 Å². The van der Waals surface area contributed by atoms with Crippen LogP contribution < -0.4 is 9.64 Å². The monoisotopic (exact) mass is 428 g/mol. The number of imidazole rings is 1. The molecule has 3 atom stereocenters. The topological polar surface area (TPSA) is 50.6 Å². The molecule has 1 aromatic heterocycles. The highest BCUT2D eigenvalue weighted by molar-refractivity contribution is 6.04. The largest absolute Gasteiger partial charge is 0.495 e. The number of aryl methyl sites for hydroxylation is 1. The molecule has 3 saturated heterocycles. The minimum absolute atomic E-state index is 0.154. The molecule has 0 unspecified atom stereocenters. The number of benzene rings is 2. The first kappa shape index (κ1) is 19.6. The van der Waals surface area contributed by atoms with Crippen molar-refractivity contribution in [3.63, 3.8) is 0 Å². The number of aromatic nitrogens is 2. The van der Waals surface area contributed by atoms with Gasteiger partial charge in [-0.05, 0) is 56.0 Å². The van der Waals surface area contributed by atoms with Gasteiger partial charge in [0.05, 0.1) is 18.8 Å². The zero-order valence-electron chi connectivity index (χ0n) is 18.6. The third-order valence-corrected chi connectivity index (χ3v) is 7.67. The molecule has 3 aliphatic rings. The zero-order valence-corrected chi connectivity index (χ0v) is 18.6. The lowest BCUT2D eigenvalue weighted by Gasteiger charge is -2.33. The first-order chi connectivity index (χ1) is 15.6. The molecular weight excluding hydrogens is 400 g/mol. The van der Waals surface area contributed by atoms with Gasteiger partial charge in [-0.3, -0.25) is 9.69 Å². The standard InChI is InChI=1S/C26H28N4O2/c1-18-7-5-8-20(15-18)28-14-12-27-24(28)22-16-19-17-29(21-9-3-4-10-23(21)32-2)25(31)26(19)11-6-13-30(22)26/h3-5,7-10,12,14-15,19,22H,6,11,13,16-17H2,1-2H3/t19-,22-,26-/m0/s1. The van der Waals surface area contributed by atoms with Gasteiger partial charge in [-0.25, -0.2) is 4.98 Å². The lowest BCUT2D eigenvalue weighted by molar-refractivity contribution is -0.126. The Hall–Kier alpha value is -3.12. The highest BCUT2D eigenvalue weighted by atomic mass is 16.5. The normalized spacial score (nSPS) is 27.1. The number of carbonyl (C=O) groups is 1. The number of carbonyl (C=O) groups excluding carboxylic acids is 1. The summed E-state index contributed by atoms with van der Waals surface area (Å²) in [7, 11) is 1.67. The van der Waals surface area contributed by atoms with E-state index in [1.807, 2.05) is 41.6 Å². The molecule has 3 fully saturated rings. The Kier molecular flexibility index (Phi) is 4.40. The molecule has 1 amide bonds. The summed E-state index contributed by atoms with van der Waals surface area (Å²) in [4.78, 5) is 23.2. The van der Waals surface area contributed by atoms with Crippen molar-refractivity contribution in [2.24, 2.45) is 5.92 Å². The summed E-state index contributed by atoms with van der Waals surface area (Å²) in [6.07, 6.45) is 6.84. The molecule has 164 valence electrons. The number of ether oxygens (including phenoxy) is 1. The summed E-state index contributed by atoms with van der Waals surface area (Å²) in [5.41, 5.74) is 2.82. The lowest BCUT2D eigenvalue weighted by Crippen LogP contribution is -2.50. The molecule has 6 heteroatoms. The van der Waals surface area contributed by atoms with E-state index in [1.54, 1.807) is 7.11 Å². The zero-order chi connectivity index (χ0) is 21.9. The summed E-state index contributed by atoms with van der Waals surface area (Å²) in [5.74, 6) is 2.31. The van der Waals surface area contributed by atoms with Crippen LogP contribution in [0.15, 0.2) is 60.9 Å². The smallest absolute Gasteiger partial charge is 0.248 e. The Bertz CT molecular complexity index is 1190. The highest BCUT2D eigenvalue weighted by Gasteiger charge is 2.66. The highest BCUT2D eigenvalue weighted by Crippen LogP contribution is 2.56. The maximum atomic E-state index is 14.0. The van der Waals surface area contributed by atoms with E-state index in [1.165, 1.54) is 5.56 Å². The molecule has 4 heterocycles. The summed E-state index contributed by atoms with van der Waals surface area (Å²) in [6.45, 7) is 3.78. The van der Waals surface area contributed by atoms with Crippen molar-refractivity contribution in [3.8, 4) is 11.4 Å². The molecule has 1 spiro atoms. The molecule has 0 radical (unpaired) electrons. The maximum absolute atomic E-state index is 14.0. The number of hydrogen-bond acceptors (Lipinski definition) is 4. The van der Waals surface area contributed by atoms with Crippen molar-refractivity contribution >= 4 is 11.6 Å². The summed E-state index contributed by atoms with van der Waals surface area (Å²) < 4.78 is 7.77. The predicted octanol–water partition coefficient (Wildman–Crippen LogP) is 4.13. The van der Waals surface area contributed by atoms with Crippen molar-refractivity contribution in [3.05, 3.63) is 72.3 Å².